The minimum atomic E-state index is 0.509. The number of hydrogen-bond acceptors (Lipinski definition) is 3. The Balaban J connectivity index is 1.46. The maximum Gasteiger partial charge on any atom is 0.122 e. The quantitative estimate of drug-likeness (QED) is 0.818. The first-order chi connectivity index (χ1) is 9.33. The van der Waals surface area contributed by atoms with Crippen molar-refractivity contribution in [2.45, 2.75) is 25.2 Å². The highest BCUT2D eigenvalue weighted by atomic mass is 16.5. The zero-order valence-corrected chi connectivity index (χ0v) is 11.7. The molecule has 1 unspecified atom stereocenters. The number of methoxy groups -OCH3 is 1. The minimum absolute atomic E-state index is 0.509. The topological polar surface area (TPSA) is 30.5 Å². The molecule has 0 spiro atoms. The summed E-state index contributed by atoms with van der Waals surface area (Å²) < 4.78 is 10.9. The number of ether oxygens (including phenoxy) is 2. The van der Waals surface area contributed by atoms with Crippen LogP contribution < -0.4 is 10.1 Å². The number of para-hydroxylation sites is 1. The van der Waals surface area contributed by atoms with Crippen LogP contribution >= 0.6 is 0 Å². The van der Waals surface area contributed by atoms with E-state index in [0.717, 1.165) is 32.1 Å². The van der Waals surface area contributed by atoms with Gasteiger partial charge in [0.25, 0.3) is 0 Å². The van der Waals surface area contributed by atoms with Gasteiger partial charge in [-0.15, -0.1) is 0 Å². The highest BCUT2D eigenvalue weighted by Crippen LogP contribution is 2.48. The van der Waals surface area contributed by atoms with Crippen LogP contribution in [0.15, 0.2) is 24.3 Å². The maximum absolute atomic E-state index is 5.71. The Kier molecular flexibility index (Phi) is 3.76. The second-order valence-corrected chi connectivity index (χ2v) is 5.92. The second-order valence-electron chi connectivity index (χ2n) is 5.92. The molecule has 1 aromatic rings. The van der Waals surface area contributed by atoms with Crippen LogP contribution in [0.3, 0.4) is 0 Å². The molecule has 1 heterocycles. The number of benzene rings is 1. The Morgan fingerprint density at radius 1 is 1.37 bits per heavy atom. The monoisotopic (exact) mass is 261 g/mol. The smallest absolute Gasteiger partial charge is 0.122 e. The molecule has 19 heavy (non-hydrogen) atoms. The highest BCUT2D eigenvalue weighted by Gasteiger charge is 2.41. The number of rotatable bonds is 7. The lowest BCUT2D eigenvalue weighted by Gasteiger charge is -2.17. The van der Waals surface area contributed by atoms with E-state index < -0.39 is 0 Å². The summed E-state index contributed by atoms with van der Waals surface area (Å²) >= 11 is 0. The highest BCUT2D eigenvalue weighted by molar-refractivity contribution is 5.39. The number of nitrogens with one attached hydrogen (secondary N) is 1. The van der Waals surface area contributed by atoms with Gasteiger partial charge in [-0.25, -0.2) is 0 Å². The van der Waals surface area contributed by atoms with E-state index in [0.29, 0.717) is 11.3 Å². The van der Waals surface area contributed by atoms with Gasteiger partial charge in [-0.05, 0) is 30.7 Å². The first-order valence-electron chi connectivity index (χ1n) is 7.24. The zero-order valence-electron chi connectivity index (χ0n) is 11.7. The first kappa shape index (κ1) is 12.9. The molecule has 1 fully saturated rings. The second kappa shape index (κ2) is 5.51. The van der Waals surface area contributed by atoms with Crippen LogP contribution in [0.5, 0.6) is 5.75 Å². The summed E-state index contributed by atoms with van der Waals surface area (Å²) in [5, 5.41) is 3.64. The summed E-state index contributed by atoms with van der Waals surface area (Å²) in [5.41, 5.74) is 1.88. The number of fused-ring (bicyclic) bond motifs is 1. The van der Waals surface area contributed by atoms with Crippen molar-refractivity contribution in [3.05, 3.63) is 29.8 Å². The average Bonchev–Trinajstić information content (AvgIpc) is 3.10. The molecule has 3 rings (SSSR count). The Morgan fingerprint density at radius 3 is 3.00 bits per heavy atom. The Labute approximate surface area is 115 Å². The molecule has 1 saturated carbocycles. The molecule has 2 aliphatic rings. The van der Waals surface area contributed by atoms with Gasteiger partial charge >= 0.3 is 0 Å². The van der Waals surface area contributed by atoms with Crippen LogP contribution in [0.4, 0.5) is 0 Å². The van der Waals surface area contributed by atoms with Crippen LogP contribution in [0.2, 0.25) is 0 Å². The van der Waals surface area contributed by atoms with Crippen molar-refractivity contribution in [2.75, 3.05) is 33.4 Å². The van der Waals surface area contributed by atoms with Crippen LogP contribution in [0.1, 0.15) is 30.7 Å². The molecule has 3 nitrogen and oxygen atoms in total. The van der Waals surface area contributed by atoms with Crippen molar-refractivity contribution < 1.29 is 9.47 Å². The van der Waals surface area contributed by atoms with Crippen molar-refractivity contribution >= 4 is 0 Å². The Morgan fingerprint density at radius 2 is 2.21 bits per heavy atom. The van der Waals surface area contributed by atoms with Gasteiger partial charge in [0.15, 0.2) is 0 Å². The lowest BCUT2D eigenvalue weighted by molar-refractivity contribution is 0.171. The van der Waals surface area contributed by atoms with Gasteiger partial charge in [0.2, 0.25) is 0 Å². The molecule has 1 aromatic carbocycles. The van der Waals surface area contributed by atoms with Crippen LogP contribution in [0.25, 0.3) is 0 Å². The molecule has 1 aliphatic heterocycles. The van der Waals surface area contributed by atoms with Gasteiger partial charge in [0.05, 0.1) is 6.61 Å². The Bertz CT molecular complexity index is 429. The van der Waals surface area contributed by atoms with E-state index in [4.69, 9.17) is 9.47 Å². The molecule has 1 N–H and O–H groups in total. The van der Waals surface area contributed by atoms with E-state index in [2.05, 4.69) is 23.5 Å². The molecule has 0 saturated heterocycles. The third-order valence-electron chi connectivity index (χ3n) is 4.48. The summed E-state index contributed by atoms with van der Waals surface area (Å²) in [7, 11) is 1.79. The van der Waals surface area contributed by atoms with Gasteiger partial charge in [0, 0.05) is 38.3 Å². The van der Waals surface area contributed by atoms with Gasteiger partial charge < -0.3 is 14.8 Å². The van der Waals surface area contributed by atoms with E-state index in [1.54, 1.807) is 7.11 Å². The molecule has 0 bridgehead atoms. The Hall–Kier alpha value is -1.06. The largest absolute Gasteiger partial charge is 0.493 e. The summed E-state index contributed by atoms with van der Waals surface area (Å²) in [4.78, 5) is 0. The SMILES string of the molecule is COCCC1(CNCC2COc3ccccc32)CC1. The van der Waals surface area contributed by atoms with Crippen molar-refractivity contribution in [1.82, 2.24) is 5.32 Å². The van der Waals surface area contributed by atoms with E-state index in [-0.39, 0.29) is 0 Å². The van der Waals surface area contributed by atoms with Crippen LogP contribution in [-0.2, 0) is 4.74 Å². The fraction of sp³-hybridized carbons (Fsp3) is 0.625. The third-order valence-corrected chi connectivity index (χ3v) is 4.48. The van der Waals surface area contributed by atoms with Crippen LogP contribution in [0, 0.1) is 5.41 Å². The molecule has 3 heteroatoms. The zero-order chi connectivity index (χ0) is 13.1. The van der Waals surface area contributed by atoms with Crippen molar-refractivity contribution in [1.29, 1.82) is 0 Å². The van der Waals surface area contributed by atoms with Crippen molar-refractivity contribution in [3.8, 4) is 5.75 Å². The minimum Gasteiger partial charge on any atom is -0.493 e. The molecule has 0 aromatic heterocycles. The fourth-order valence-electron chi connectivity index (χ4n) is 2.92. The molecular weight excluding hydrogens is 238 g/mol. The molecule has 104 valence electrons. The summed E-state index contributed by atoms with van der Waals surface area (Å²) in [6, 6.07) is 8.39. The predicted octanol–water partition coefficient (Wildman–Crippen LogP) is 2.57. The van der Waals surface area contributed by atoms with Gasteiger partial charge in [0.1, 0.15) is 5.75 Å². The maximum atomic E-state index is 5.71. The summed E-state index contributed by atoms with van der Waals surface area (Å²) in [5.74, 6) is 1.57. The van der Waals surface area contributed by atoms with Gasteiger partial charge in [-0.1, -0.05) is 18.2 Å². The fourth-order valence-corrected chi connectivity index (χ4v) is 2.92. The first-order valence-corrected chi connectivity index (χ1v) is 7.24. The van der Waals surface area contributed by atoms with E-state index in [9.17, 15) is 0 Å². The van der Waals surface area contributed by atoms with E-state index in [1.165, 1.54) is 24.8 Å². The molecule has 0 amide bonds. The average molecular weight is 261 g/mol. The van der Waals surface area contributed by atoms with Gasteiger partial charge in [-0.2, -0.15) is 0 Å². The third kappa shape index (κ3) is 2.93. The molecular formula is C16H23NO2. The lowest BCUT2D eigenvalue weighted by atomic mass is 10.00. The van der Waals surface area contributed by atoms with E-state index in [1.807, 2.05) is 6.07 Å². The van der Waals surface area contributed by atoms with Crippen molar-refractivity contribution in [2.24, 2.45) is 5.41 Å². The lowest BCUT2D eigenvalue weighted by Crippen LogP contribution is -2.29. The molecule has 0 radical (unpaired) electrons. The standard InChI is InChI=1S/C16H23NO2/c1-18-9-8-16(6-7-16)12-17-10-13-11-19-15-5-3-2-4-14(13)15/h2-5,13,17H,6-12H2,1H3. The normalized spacial score (nSPS) is 22.9. The molecule has 1 atom stereocenters. The van der Waals surface area contributed by atoms with Crippen LogP contribution in [-0.4, -0.2) is 33.4 Å². The van der Waals surface area contributed by atoms with Gasteiger partial charge in [-0.3, -0.25) is 0 Å². The van der Waals surface area contributed by atoms with Crippen molar-refractivity contribution in [3.63, 3.8) is 0 Å². The number of hydrogen-bond donors (Lipinski definition) is 1. The van der Waals surface area contributed by atoms with E-state index >= 15 is 0 Å². The predicted molar refractivity (Wildman–Crippen MR) is 75.7 cm³/mol. The summed E-state index contributed by atoms with van der Waals surface area (Å²) in [6.07, 6.45) is 3.89. The summed E-state index contributed by atoms with van der Waals surface area (Å²) in [6.45, 7) is 3.84. The molecule has 1 aliphatic carbocycles.